The number of Topliss-reactive ketones (excluding diaryl/α,β-unsaturated/α-hetero) is 1. The van der Waals surface area contributed by atoms with Gasteiger partial charge in [0.2, 0.25) is 0 Å². The number of rotatable bonds is 8. The van der Waals surface area contributed by atoms with Gasteiger partial charge in [0.15, 0.2) is 5.78 Å². The van der Waals surface area contributed by atoms with Crippen LogP contribution >= 0.6 is 0 Å². The largest absolute Gasteiger partial charge is 0.399 e. The molecule has 0 spiro atoms. The molecule has 1 aromatic carbocycles. The molecule has 18 heavy (non-hydrogen) atoms. The highest BCUT2D eigenvalue weighted by Crippen LogP contribution is 2.05. The molecule has 0 aliphatic carbocycles. The molecule has 0 saturated carbocycles. The van der Waals surface area contributed by atoms with Crippen LogP contribution in [0.2, 0.25) is 0 Å². The number of benzene rings is 1. The van der Waals surface area contributed by atoms with Crippen molar-refractivity contribution in [3.63, 3.8) is 0 Å². The number of anilines is 1. The Morgan fingerprint density at radius 2 is 1.83 bits per heavy atom. The summed E-state index contributed by atoms with van der Waals surface area (Å²) in [7, 11) is 0. The summed E-state index contributed by atoms with van der Waals surface area (Å²) in [6.07, 6.45) is 0. The standard InChI is InChI=1S/C14H23N3O/c1-3-17(4-2)10-9-16-11-14(18)12-5-7-13(15)8-6-12/h5-8,16H,3-4,9-11,15H2,1-2H3. The zero-order valence-corrected chi connectivity index (χ0v) is 11.3. The van der Waals surface area contributed by atoms with Crippen LogP contribution in [-0.2, 0) is 0 Å². The van der Waals surface area contributed by atoms with Gasteiger partial charge in [-0.05, 0) is 37.4 Å². The molecule has 0 fully saturated rings. The fraction of sp³-hybridized carbons (Fsp3) is 0.500. The number of nitrogen functional groups attached to an aromatic ring is 1. The maximum absolute atomic E-state index is 11.8. The lowest BCUT2D eigenvalue weighted by molar-refractivity contribution is 0.0990. The summed E-state index contributed by atoms with van der Waals surface area (Å²) in [6.45, 7) is 8.57. The van der Waals surface area contributed by atoms with Gasteiger partial charge in [-0.2, -0.15) is 0 Å². The molecule has 0 amide bonds. The van der Waals surface area contributed by atoms with Gasteiger partial charge in [0.25, 0.3) is 0 Å². The van der Waals surface area contributed by atoms with Gasteiger partial charge >= 0.3 is 0 Å². The van der Waals surface area contributed by atoms with Crippen LogP contribution in [0.15, 0.2) is 24.3 Å². The molecule has 0 saturated heterocycles. The molecule has 4 heteroatoms. The summed E-state index contributed by atoms with van der Waals surface area (Å²) in [6, 6.07) is 7.04. The van der Waals surface area contributed by atoms with Gasteiger partial charge in [-0.3, -0.25) is 4.79 Å². The summed E-state index contributed by atoms with van der Waals surface area (Å²) >= 11 is 0. The molecule has 3 N–H and O–H groups in total. The summed E-state index contributed by atoms with van der Waals surface area (Å²) in [4.78, 5) is 14.1. The average Bonchev–Trinajstić information content (AvgIpc) is 2.39. The van der Waals surface area contributed by atoms with Crippen LogP contribution in [0.3, 0.4) is 0 Å². The minimum absolute atomic E-state index is 0.106. The number of hydrogen-bond donors (Lipinski definition) is 2. The molecule has 4 nitrogen and oxygen atoms in total. The highest BCUT2D eigenvalue weighted by molar-refractivity contribution is 5.97. The lowest BCUT2D eigenvalue weighted by atomic mass is 10.1. The van der Waals surface area contributed by atoms with Gasteiger partial charge in [0.05, 0.1) is 6.54 Å². The molecule has 0 aliphatic heterocycles. The van der Waals surface area contributed by atoms with E-state index in [0.29, 0.717) is 17.8 Å². The van der Waals surface area contributed by atoms with E-state index in [1.54, 1.807) is 24.3 Å². The fourth-order valence-electron chi connectivity index (χ4n) is 1.75. The monoisotopic (exact) mass is 249 g/mol. The minimum atomic E-state index is 0.106. The van der Waals surface area contributed by atoms with Crippen molar-refractivity contribution < 1.29 is 4.79 Å². The third-order valence-electron chi connectivity index (χ3n) is 3.02. The quantitative estimate of drug-likeness (QED) is 0.415. The van der Waals surface area contributed by atoms with Crippen molar-refractivity contribution in [3.05, 3.63) is 29.8 Å². The number of ketones is 1. The molecule has 1 aromatic rings. The van der Waals surface area contributed by atoms with E-state index in [4.69, 9.17) is 5.73 Å². The van der Waals surface area contributed by atoms with Gasteiger partial charge in [0, 0.05) is 24.3 Å². The van der Waals surface area contributed by atoms with Crippen molar-refractivity contribution in [2.24, 2.45) is 0 Å². The van der Waals surface area contributed by atoms with E-state index < -0.39 is 0 Å². The second-order valence-corrected chi connectivity index (χ2v) is 4.25. The first-order valence-corrected chi connectivity index (χ1v) is 6.49. The smallest absolute Gasteiger partial charge is 0.176 e. The van der Waals surface area contributed by atoms with Crippen LogP contribution in [0, 0.1) is 0 Å². The molecule has 100 valence electrons. The van der Waals surface area contributed by atoms with E-state index in [9.17, 15) is 4.79 Å². The molecule has 0 heterocycles. The molecule has 0 unspecified atom stereocenters. The Kier molecular flexibility index (Phi) is 6.39. The van der Waals surface area contributed by atoms with Crippen molar-refractivity contribution >= 4 is 11.5 Å². The maximum Gasteiger partial charge on any atom is 0.176 e. The molecular weight excluding hydrogens is 226 g/mol. The van der Waals surface area contributed by atoms with Crippen molar-refractivity contribution in [1.82, 2.24) is 10.2 Å². The highest BCUT2D eigenvalue weighted by atomic mass is 16.1. The molecule has 0 aliphatic rings. The van der Waals surface area contributed by atoms with Crippen LogP contribution in [-0.4, -0.2) is 43.4 Å². The Hall–Kier alpha value is -1.39. The van der Waals surface area contributed by atoms with E-state index in [1.807, 2.05) is 0 Å². The predicted molar refractivity (Wildman–Crippen MR) is 75.8 cm³/mol. The van der Waals surface area contributed by atoms with Gasteiger partial charge in [0.1, 0.15) is 0 Å². The van der Waals surface area contributed by atoms with Crippen LogP contribution in [0.1, 0.15) is 24.2 Å². The van der Waals surface area contributed by atoms with Crippen LogP contribution in [0.25, 0.3) is 0 Å². The van der Waals surface area contributed by atoms with Gasteiger partial charge in [-0.15, -0.1) is 0 Å². The zero-order valence-electron chi connectivity index (χ0n) is 11.3. The first-order valence-electron chi connectivity index (χ1n) is 6.49. The Bertz CT molecular complexity index is 358. The van der Waals surface area contributed by atoms with Gasteiger partial charge < -0.3 is 16.0 Å². The van der Waals surface area contributed by atoms with E-state index in [-0.39, 0.29) is 5.78 Å². The molecular formula is C14H23N3O. The SMILES string of the molecule is CCN(CC)CCNCC(=O)c1ccc(N)cc1. The number of hydrogen-bond acceptors (Lipinski definition) is 4. The third kappa shape index (κ3) is 4.85. The van der Waals surface area contributed by atoms with Gasteiger partial charge in [-0.25, -0.2) is 0 Å². The number of nitrogens with zero attached hydrogens (tertiary/aromatic N) is 1. The van der Waals surface area contributed by atoms with Crippen LogP contribution in [0.5, 0.6) is 0 Å². The summed E-state index contributed by atoms with van der Waals surface area (Å²) in [5.41, 5.74) is 6.97. The normalized spacial score (nSPS) is 10.8. The van der Waals surface area contributed by atoms with Crippen molar-refractivity contribution in [3.8, 4) is 0 Å². The number of carbonyl (C=O) groups is 1. The van der Waals surface area contributed by atoms with E-state index >= 15 is 0 Å². The molecule has 0 bridgehead atoms. The average molecular weight is 249 g/mol. The molecule has 1 rings (SSSR count). The van der Waals surface area contributed by atoms with E-state index in [2.05, 4.69) is 24.1 Å². The molecule has 0 aromatic heterocycles. The predicted octanol–water partition coefficient (Wildman–Crippen LogP) is 1.38. The zero-order chi connectivity index (χ0) is 13.4. The lowest BCUT2D eigenvalue weighted by Crippen LogP contribution is -2.34. The number of nitrogens with one attached hydrogen (secondary N) is 1. The lowest BCUT2D eigenvalue weighted by Gasteiger charge is -2.17. The van der Waals surface area contributed by atoms with Crippen LogP contribution < -0.4 is 11.1 Å². The summed E-state index contributed by atoms with van der Waals surface area (Å²) in [5, 5.41) is 3.17. The molecule has 0 radical (unpaired) electrons. The topological polar surface area (TPSA) is 58.4 Å². The van der Waals surface area contributed by atoms with Crippen molar-refractivity contribution in [2.45, 2.75) is 13.8 Å². The van der Waals surface area contributed by atoms with Crippen molar-refractivity contribution in [2.75, 3.05) is 38.5 Å². The number of likely N-dealkylation sites (N-methyl/N-ethyl adjacent to an activating group) is 1. The second-order valence-electron chi connectivity index (χ2n) is 4.25. The Labute approximate surface area is 109 Å². The molecule has 0 atom stereocenters. The summed E-state index contributed by atoms with van der Waals surface area (Å²) in [5.74, 6) is 0.106. The maximum atomic E-state index is 11.8. The van der Waals surface area contributed by atoms with E-state index in [0.717, 1.165) is 26.2 Å². The third-order valence-corrected chi connectivity index (χ3v) is 3.02. The number of carbonyl (C=O) groups excluding carboxylic acids is 1. The van der Waals surface area contributed by atoms with E-state index in [1.165, 1.54) is 0 Å². The first-order chi connectivity index (χ1) is 8.67. The Balaban J connectivity index is 2.27. The minimum Gasteiger partial charge on any atom is -0.399 e. The van der Waals surface area contributed by atoms with Crippen molar-refractivity contribution in [1.29, 1.82) is 0 Å². The first kappa shape index (κ1) is 14.7. The van der Waals surface area contributed by atoms with Crippen LogP contribution in [0.4, 0.5) is 5.69 Å². The fourth-order valence-corrected chi connectivity index (χ4v) is 1.75. The second kappa shape index (κ2) is 7.84. The summed E-state index contributed by atoms with van der Waals surface area (Å²) < 4.78 is 0. The highest BCUT2D eigenvalue weighted by Gasteiger charge is 2.05. The Morgan fingerprint density at radius 3 is 2.39 bits per heavy atom. The van der Waals surface area contributed by atoms with Gasteiger partial charge in [-0.1, -0.05) is 13.8 Å². The number of nitrogens with two attached hydrogens (primary N) is 1. The Morgan fingerprint density at radius 1 is 1.22 bits per heavy atom.